The van der Waals surface area contributed by atoms with Crippen LogP contribution in [-0.2, 0) is 0 Å². The molecule has 0 spiro atoms. The summed E-state index contributed by atoms with van der Waals surface area (Å²) in [5.74, 6) is 0.762. The Balaban J connectivity index is 2.17. The van der Waals surface area contributed by atoms with Crippen LogP contribution < -0.4 is 0 Å². The van der Waals surface area contributed by atoms with Crippen molar-refractivity contribution in [3.63, 3.8) is 0 Å². The van der Waals surface area contributed by atoms with Gasteiger partial charge in [0.2, 0.25) is 0 Å². The van der Waals surface area contributed by atoms with Gasteiger partial charge in [0.05, 0.1) is 6.10 Å². The second-order valence-corrected chi connectivity index (χ2v) is 4.84. The minimum atomic E-state index is -0.188. The Bertz CT molecular complexity index is 133. The van der Waals surface area contributed by atoms with Crippen LogP contribution in [0, 0.1) is 5.92 Å². The number of hydrogen-bond donors (Lipinski definition) is 1. The first-order valence-corrected chi connectivity index (χ1v) is 5.70. The summed E-state index contributed by atoms with van der Waals surface area (Å²) < 4.78 is 0. The van der Waals surface area contributed by atoms with E-state index in [1.54, 1.807) is 0 Å². The summed E-state index contributed by atoms with van der Waals surface area (Å²) in [7, 11) is 0. The molecule has 1 heterocycles. The Kier molecular flexibility index (Phi) is 4.85. The fourth-order valence-corrected chi connectivity index (χ4v) is 2.04. The van der Waals surface area contributed by atoms with Gasteiger partial charge >= 0.3 is 0 Å². The maximum Gasteiger partial charge on any atom is 0.0639 e. The van der Waals surface area contributed by atoms with Crippen LogP contribution in [-0.4, -0.2) is 60.3 Å². The van der Waals surface area contributed by atoms with E-state index in [2.05, 4.69) is 23.6 Å². The zero-order valence-electron chi connectivity index (χ0n) is 9.74. The first-order chi connectivity index (χ1) is 6.58. The molecule has 1 aliphatic heterocycles. The quantitative estimate of drug-likeness (QED) is 0.721. The highest BCUT2D eigenvalue weighted by molar-refractivity contribution is 4.73. The van der Waals surface area contributed by atoms with Gasteiger partial charge in [-0.3, -0.25) is 4.90 Å². The molecule has 0 amide bonds. The monoisotopic (exact) mass is 200 g/mol. The van der Waals surface area contributed by atoms with E-state index in [4.69, 9.17) is 0 Å². The molecule has 0 aromatic carbocycles. The van der Waals surface area contributed by atoms with Crippen LogP contribution in [0.1, 0.15) is 20.8 Å². The van der Waals surface area contributed by atoms with Crippen molar-refractivity contribution < 1.29 is 5.11 Å². The predicted octanol–water partition coefficient (Wildman–Crippen LogP) is 0.641. The van der Waals surface area contributed by atoms with E-state index in [0.717, 1.165) is 38.6 Å². The SMILES string of the molecule is CC(C)CN1CCN(C[C@H](C)O)CC1. The smallest absolute Gasteiger partial charge is 0.0639 e. The molecule has 0 aromatic rings. The molecule has 0 saturated carbocycles. The minimum absolute atomic E-state index is 0.188. The Labute approximate surface area is 87.7 Å². The van der Waals surface area contributed by atoms with E-state index < -0.39 is 0 Å². The van der Waals surface area contributed by atoms with Crippen LogP contribution in [0.15, 0.2) is 0 Å². The fraction of sp³-hybridized carbons (Fsp3) is 1.00. The van der Waals surface area contributed by atoms with Gasteiger partial charge in [-0.25, -0.2) is 0 Å². The van der Waals surface area contributed by atoms with Crippen molar-refractivity contribution in [2.24, 2.45) is 5.92 Å². The van der Waals surface area contributed by atoms with Crippen molar-refractivity contribution in [3.8, 4) is 0 Å². The number of piperazine rings is 1. The average Bonchev–Trinajstić information content (AvgIpc) is 2.06. The molecule has 1 fully saturated rings. The molecule has 1 N–H and O–H groups in total. The van der Waals surface area contributed by atoms with Crippen molar-refractivity contribution in [1.29, 1.82) is 0 Å². The Morgan fingerprint density at radius 1 is 0.929 bits per heavy atom. The van der Waals surface area contributed by atoms with E-state index in [0.29, 0.717) is 0 Å². The summed E-state index contributed by atoms with van der Waals surface area (Å²) in [6.07, 6.45) is -0.188. The van der Waals surface area contributed by atoms with Crippen LogP contribution in [0.5, 0.6) is 0 Å². The molecule has 3 nitrogen and oxygen atoms in total. The average molecular weight is 200 g/mol. The number of nitrogens with zero attached hydrogens (tertiary/aromatic N) is 2. The molecule has 14 heavy (non-hydrogen) atoms. The van der Waals surface area contributed by atoms with Crippen molar-refractivity contribution in [1.82, 2.24) is 9.80 Å². The first kappa shape index (κ1) is 12.0. The van der Waals surface area contributed by atoms with Crippen molar-refractivity contribution in [2.75, 3.05) is 39.3 Å². The highest BCUT2D eigenvalue weighted by atomic mass is 16.3. The van der Waals surface area contributed by atoms with Gasteiger partial charge in [0.25, 0.3) is 0 Å². The van der Waals surface area contributed by atoms with Crippen LogP contribution in [0.2, 0.25) is 0 Å². The lowest BCUT2D eigenvalue weighted by molar-refractivity contribution is 0.0764. The highest BCUT2D eigenvalue weighted by Crippen LogP contribution is 2.05. The molecule has 1 aliphatic rings. The van der Waals surface area contributed by atoms with Gasteiger partial charge in [0, 0.05) is 39.3 Å². The zero-order chi connectivity index (χ0) is 10.6. The summed E-state index contributed by atoms with van der Waals surface area (Å²) >= 11 is 0. The largest absolute Gasteiger partial charge is 0.392 e. The molecule has 1 saturated heterocycles. The summed E-state index contributed by atoms with van der Waals surface area (Å²) in [6.45, 7) is 13.0. The number of aliphatic hydroxyl groups excluding tert-OH is 1. The van der Waals surface area contributed by atoms with Gasteiger partial charge in [0.1, 0.15) is 0 Å². The van der Waals surface area contributed by atoms with E-state index in [9.17, 15) is 5.11 Å². The topological polar surface area (TPSA) is 26.7 Å². The molecular formula is C11H24N2O. The lowest BCUT2D eigenvalue weighted by Crippen LogP contribution is -2.48. The first-order valence-electron chi connectivity index (χ1n) is 5.70. The van der Waals surface area contributed by atoms with E-state index >= 15 is 0 Å². The van der Waals surface area contributed by atoms with Crippen LogP contribution in [0.25, 0.3) is 0 Å². The molecule has 0 radical (unpaired) electrons. The van der Waals surface area contributed by atoms with Crippen LogP contribution >= 0.6 is 0 Å². The number of β-amino-alcohol motifs (C(OH)–C–C–N with tert-alkyl or cyclic N) is 1. The normalized spacial score (nSPS) is 22.9. The third-order valence-electron chi connectivity index (χ3n) is 2.61. The van der Waals surface area contributed by atoms with Gasteiger partial charge in [-0.2, -0.15) is 0 Å². The van der Waals surface area contributed by atoms with Gasteiger partial charge in [-0.1, -0.05) is 13.8 Å². The number of rotatable bonds is 4. The van der Waals surface area contributed by atoms with Crippen LogP contribution in [0.3, 0.4) is 0 Å². The van der Waals surface area contributed by atoms with Crippen LogP contribution in [0.4, 0.5) is 0 Å². The summed E-state index contributed by atoms with van der Waals surface area (Å²) in [6, 6.07) is 0. The maximum atomic E-state index is 9.26. The summed E-state index contributed by atoms with van der Waals surface area (Å²) in [4.78, 5) is 4.87. The predicted molar refractivity (Wildman–Crippen MR) is 59.4 cm³/mol. The second kappa shape index (κ2) is 5.69. The van der Waals surface area contributed by atoms with Gasteiger partial charge in [-0.15, -0.1) is 0 Å². The van der Waals surface area contributed by atoms with Crippen molar-refractivity contribution in [2.45, 2.75) is 26.9 Å². The van der Waals surface area contributed by atoms with E-state index in [1.165, 1.54) is 6.54 Å². The lowest BCUT2D eigenvalue weighted by atomic mass is 10.2. The summed E-state index contributed by atoms with van der Waals surface area (Å²) in [5.41, 5.74) is 0. The number of hydrogen-bond acceptors (Lipinski definition) is 3. The van der Waals surface area contributed by atoms with E-state index in [-0.39, 0.29) is 6.10 Å². The maximum absolute atomic E-state index is 9.26. The summed E-state index contributed by atoms with van der Waals surface area (Å²) in [5, 5.41) is 9.26. The van der Waals surface area contributed by atoms with E-state index in [1.807, 2.05) is 6.92 Å². The Morgan fingerprint density at radius 3 is 1.71 bits per heavy atom. The molecule has 1 atom stereocenters. The zero-order valence-corrected chi connectivity index (χ0v) is 9.74. The Hall–Kier alpha value is -0.120. The van der Waals surface area contributed by atoms with Crippen molar-refractivity contribution >= 4 is 0 Å². The van der Waals surface area contributed by atoms with Gasteiger partial charge in [-0.05, 0) is 12.8 Å². The molecule has 3 heteroatoms. The fourth-order valence-electron chi connectivity index (χ4n) is 2.04. The van der Waals surface area contributed by atoms with Gasteiger partial charge < -0.3 is 10.0 Å². The number of aliphatic hydroxyl groups is 1. The molecule has 0 unspecified atom stereocenters. The molecule has 0 aliphatic carbocycles. The van der Waals surface area contributed by atoms with Gasteiger partial charge in [0.15, 0.2) is 0 Å². The molecule has 1 rings (SSSR count). The standard InChI is InChI=1S/C11H24N2O/c1-10(2)8-12-4-6-13(7-5-12)9-11(3)14/h10-11,14H,4-9H2,1-3H3/t11-/m0/s1. The van der Waals surface area contributed by atoms with Crippen molar-refractivity contribution in [3.05, 3.63) is 0 Å². The third kappa shape index (κ3) is 4.40. The molecule has 0 aromatic heterocycles. The molecule has 0 bridgehead atoms. The Morgan fingerprint density at radius 2 is 1.36 bits per heavy atom. The second-order valence-electron chi connectivity index (χ2n) is 4.84. The minimum Gasteiger partial charge on any atom is -0.392 e. The third-order valence-corrected chi connectivity index (χ3v) is 2.61. The lowest BCUT2D eigenvalue weighted by Gasteiger charge is -2.35. The molecule has 84 valence electrons. The molecular weight excluding hydrogens is 176 g/mol. The highest BCUT2D eigenvalue weighted by Gasteiger charge is 2.17.